The molecule has 4 fully saturated rings. The molecule has 4 aliphatic rings. The van der Waals surface area contributed by atoms with Gasteiger partial charge in [-0.2, -0.15) is 4.79 Å². The summed E-state index contributed by atoms with van der Waals surface area (Å²) in [5.41, 5.74) is 8.98. The van der Waals surface area contributed by atoms with Crippen molar-refractivity contribution in [1.29, 1.82) is 0 Å². The lowest BCUT2D eigenvalue weighted by molar-refractivity contribution is -0.171. The maximum Gasteiger partial charge on any atom is 0.323 e. The van der Waals surface area contributed by atoms with E-state index in [0.29, 0.717) is 23.7 Å². The van der Waals surface area contributed by atoms with Crippen LogP contribution in [0.5, 0.6) is 0 Å². The lowest BCUT2D eigenvalue weighted by Gasteiger charge is -2.61. The van der Waals surface area contributed by atoms with Gasteiger partial charge in [0.05, 0.1) is 5.92 Å². The standard InChI is InChI=1S/C21H30N2O3/c1-20-8-3-4-14(20)12-5-6-16-19(26)18(25)13(17(24)11-23-22)10-21(16,2)15(12)7-9-20/h11-16,19,26H,3-10H2,1-2H3/t12-,13?,14-,15+,16?,19?,20-,21+/m0/s1. The Morgan fingerprint density at radius 1 is 1.15 bits per heavy atom. The number of fused-ring (bicyclic) bond motifs is 5. The van der Waals surface area contributed by atoms with Gasteiger partial charge in [0.1, 0.15) is 6.10 Å². The molecule has 8 atom stereocenters. The third-order valence-electron chi connectivity index (χ3n) is 8.91. The first-order valence-corrected chi connectivity index (χ1v) is 10.2. The van der Waals surface area contributed by atoms with Crippen molar-refractivity contribution >= 4 is 17.8 Å². The van der Waals surface area contributed by atoms with Crippen molar-refractivity contribution in [3.8, 4) is 0 Å². The first-order chi connectivity index (χ1) is 12.3. The first-order valence-electron chi connectivity index (χ1n) is 10.2. The second-order valence-corrected chi connectivity index (χ2v) is 9.90. The van der Waals surface area contributed by atoms with Crippen LogP contribution < -0.4 is 0 Å². The number of aliphatic hydroxyl groups is 1. The summed E-state index contributed by atoms with van der Waals surface area (Å²) in [7, 11) is 0. The Morgan fingerprint density at radius 2 is 1.92 bits per heavy atom. The van der Waals surface area contributed by atoms with Gasteiger partial charge in [0.2, 0.25) is 5.78 Å². The number of nitrogens with zero attached hydrogens (tertiary/aromatic N) is 2. The third-order valence-corrected chi connectivity index (χ3v) is 8.91. The smallest absolute Gasteiger partial charge is 0.323 e. The molecule has 26 heavy (non-hydrogen) atoms. The van der Waals surface area contributed by atoms with Gasteiger partial charge in [-0.3, -0.25) is 9.59 Å². The molecule has 4 aliphatic carbocycles. The zero-order valence-electron chi connectivity index (χ0n) is 15.9. The van der Waals surface area contributed by atoms with Crippen molar-refractivity contribution < 1.29 is 19.5 Å². The van der Waals surface area contributed by atoms with E-state index in [2.05, 4.69) is 18.6 Å². The van der Waals surface area contributed by atoms with Crippen LogP contribution in [0.25, 0.3) is 5.53 Å². The number of rotatable bonds is 2. The van der Waals surface area contributed by atoms with E-state index in [1.807, 2.05) is 0 Å². The van der Waals surface area contributed by atoms with Gasteiger partial charge in [0.15, 0.2) is 5.78 Å². The highest BCUT2D eigenvalue weighted by Gasteiger charge is 2.62. The molecule has 3 unspecified atom stereocenters. The van der Waals surface area contributed by atoms with E-state index in [0.717, 1.165) is 31.4 Å². The van der Waals surface area contributed by atoms with Gasteiger partial charge in [-0.25, -0.2) is 0 Å². The zero-order chi connectivity index (χ0) is 18.7. The maximum atomic E-state index is 12.6. The lowest BCUT2D eigenvalue weighted by atomic mass is 9.44. The highest BCUT2D eigenvalue weighted by atomic mass is 16.3. The summed E-state index contributed by atoms with van der Waals surface area (Å²) >= 11 is 0. The fourth-order valence-corrected chi connectivity index (χ4v) is 7.63. The SMILES string of the molecule is C[C@@]12CCC[C@H]1[C@@H]1CCC3C(O)C(=O)C(C(=O)C=[N+]=[N-])C[C@]3(C)[C@@H]1CC2. The van der Waals surface area contributed by atoms with Crippen LogP contribution in [-0.4, -0.2) is 33.8 Å². The number of ketones is 2. The zero-order valence-corrected chi connectivity index (χ0v) is 15.9. The number of hydrogen-bond donors (Lipinski definition) is 1. The molecule has 0 saturated heterocycles. The molecule has 0 aliphatic heterocycles. The number of hydrogen-bond acceptors (Lipinski definition) is 3. The second-order valence-electron chi connectivity index (χ2n) is 9.90. The number of Topliss-reactive ketones (excluding diaryl/α,β-unsaturated/α-hetero) is 2. The molecule has 5 nitrogen and oxygen atoms in total. The van der Waals surface area contributed by atoms with Gasteiger partial charge in [0, 0.05) is 0 Å². The molecule has 0 spiro atoms. The van der Waals surface area contributed by atoms with Crippen LogP contribution in [0.1, 0.15) is 65.2 Å². The summed E-state index contributed by atoms with van der Waals surface area (Å²) in [6.07, 6.45) is 8.56. The van der Waals surface area contributed by atoms with Crippen LogP contribution >= 0.6 is 0 Å². The molecule has 0 radical (unpaired) electrons. The highest BCUT2D eigenvalue weighted by molar-refractivity contribution is 6.31. The minimum absolute atomic E-state index is 0.0443. The Morgan fingerprint density at radius 3 is 2.65 bits per heavy atom. The lowest BCUT2D eigenvalue weighted by Crippen LogP contribution is -2.60. The Kier molecular flexibility index (Phi) is 4.24. The Balaban J connectivity index is 1.68. The van der Waals surface area contributed by atoms with E-state index in [9.17, 15) is 14.7 Å². The summed E-state index contributed by atoms with van der Waals surface area (Å²) < 4.78 is 0. The predicted molar refractivity (Wildman–Crippen MR) is 96.3 cm³/mol. The van der Waals surface area contributed by atoms with Crippen LogP contribution in [0, 0.1) is 40.4 Å². The van der Waals surface area contributed by atoms with E-state index < -0.39 is 17.8 Å². The highest BCUT2D eigenvalue weighted by Crippen LogP contribution is 2.66. The third kappa shape index (κ3) is 2.40. The van der Waals surface area contributed by atoms with E-state index in [1.165, 1.54) is 25.7 Å². The molecular weight excluding hydrogens is 328 g/mol. The van der Waals surface area contributed by atoms with Gasteiger partial charge in [-0.1, -0.05) is 20.3 Å². The van der Waals surface area contributed by atoms with Crippen LogP contribution in [0.4, 0.5) is 0 Å². The average Bonchev–Trinajstić information content (AvgIpc) is 3.00. The van der Waals surface area contributed by atoms with E-state index in [1.54, 1.807) is 0 Å². The average molecular weight is 358 g/mol. The summed E-state index contributed by atoms with van der Waals surface area (Å²) in [4.78, 5) is 27.8. The molecule has 4 saturated carbocycles. The van der Waals surface area contributed by atoms with Crippen molar-refractivity contribution in [3.05, 3.63) is 5.53 Å². The summed E-state index contributed by atoms with van der Waals surface area (Å²) in [5, 5.41) is 10.7. The summed E-state index contributed by atoms with van der Waals surface area (Å²) in [6, 6.07) is 0. The molecule has 142 valence electrons. The van der Waals surface area contributed by atoms with E-state index in [-0.39, 0.29) is 17.1 Å². The Hall–Kier alpha value is -1.32. The molecular formula is C21H30N2O3. The molecule has 0 aromatic heterocycles. The number of aliphatic hydroxyl groups excluding tert-OH is 1. The van der Waals surface area contributed by atoms with Gasteiger partial charge < -0.3 is 10.6 Å². The van der Waals surface area contributed by atoms with Gasteiger partial charge in [-0.15, -0.1) is 0 Å². The van der Waals surface area contributed by atoms with Crippen LogP contribution in [0.15, 0.2) is 0 Å². The van der Waals surface area contributed by atoms with Crippen LogP contribution in [0.3, 0.4) is 0 Å². The number of carbonyl (C=O) groups is 2. The van der Waals surface area contributed by atoms with Crippen molar-refractivity contribution in [2.45, 2.75) is 71.3 Å². The molecule has 0 amide bonds. The minimum atomic E-state index is -1.06. The predicted octanol–water partition coefficient (Wildman–Crippen LogP) is 3.05. The van der Waals surface area contributed by atoms with Crippen molar-refractivity contribution in [2.24, 2.45) is 40.4 Å². The fraction of sp³-hybridized carbons (Fsp3) is 0.857. The second kappa shape index (κ2) is 6.10. The van der Waals surface area contributed by atoms with E-state index in [4.69, 9.17) is 5.53 Å². The van der Waals surface area contributed by atoms with Gasteiger partial charge >= 0.3 is 6.21 Å². The summed E-state index contributed by atoms with van der Waals surface area (Å²) in [5.74, 6) is 0.121. The first kappa shape index (κ1) is 18.1. The van der Waals surface area contributed by atoms with Crippen molar-refractivity contribution in [2.75, 3.05) is 0 Å². The Bertz CT molecular complexity index is 685. The van der Waals surface area contributed by atoms with Crippen molar-refractivity contribution in [1.82, 2.24) is 0 Å². The molecule has 0 aromatic rings. The minimum Gasteiger partial charge on any atom is -0.385 e. The molecule has 0 aromatic carbocycles. The fourth-order valence-electron chi connectivity index (χ4n) is 7.63. The quantitative estimate of drug-likeness (QED) is 0.356. The number of carbonyl (C=O) groups excluding carboxylic acids is 2. The molecule has 1 N–H and O–H groups in total. The normalized spacial score (nSPS) is 50.2. The molecule has 5 heteroatoms. The van der Waals surface area contributed by atoms with Gasteiger partial charge in [-0.05, 0) is 79.4 Å². The van der Waals surface area contributed by atoms with Crippen molar-refractivity contribution in [3.63, 3.8) is 0 Å². The summed E-state index contributed by atoms with van der Waals surface area (Å²) in [6.45, 7) is 4.66. The molecule has 4 rings (SSSR count). The van der Waals surface area contributed by atoms with Crippen LogP contribution in [0.2, 0.25) is 0 Å². The molecule has 0 bridgehead atoms. The van der Waals surface area contributed by atoms with E-state index >= 15 is 0 Å². The maximum absolute atomic E-state index is 12.6. The largest absolute Gasteiger partial charge is 0.385 e. The van der Waals surface area contributed by atoms with Crippen LogP contribution in [-0.2, 0) is 9.59 Å². The van der Waals surface area contributed by atoms with Gasteiger partial charge in [0.25, 0.3) is 0 Å². The topological polar surface area (TPSA) is 90.8 Å². The monoisotopic (exact) mass is 358 g/mol. The molecule has 0 heterocycles. The Labute approximate surface area is 155 Å².